The van der Waals surface area contributed by atoms with Crippen molar-refractivity contribution in [3.63, 3.8) is 0 Å². The van der Waals surface area contributed by atoms with E-state index in [0.717, 1.165) is 31.6 Å². The lowest BCUT2D eigenvalue weighted by atomic mass is 10.0. The van der Waals surface area contributed by atoms with E-state index in [9.17, 15) is 4.39 Å². The van der Waals surface area contributed by atoms with E-state index in [4.69, 9.17) is 4.74 Å². The Morgan fingerprint density at radius 2 is 2.06 bits per heavy atom. The van der Waals surface area contributed by atoms with Gasteiger partial charge < -0.3 is 10.1 Å². The van der Waals surface area contributed by atoms with Crippen molar-refractivity contribution in [2.45, 2.75) is 39.7 Å². The highest BCUT2D eigenvalue weighted by molar-refractivity contribution is 5.27. The molecule has 1 N–H and O–H groups in total. The van der Waals surface area contributed by atoms with Crippen LogP contribution in [0.3, 0.4) is 0 Å². The zero-order valence-electron chi connectivity index (χ0n) is 11.6. The van der Waals surface area contributed by atoms with Gasteiger partial charge >= 0.3 is 0 Å². The minimum absolute atomic E-state index is 0.0589. The summed E-state index contributed by atoms with van der Waals surface area (Å²) in [7, 11) is 0. The number of rotatable bonds is 8. The van der Waals surface area contributed by atoms with Gasteiger partial charge in [-0.15, -0.1) is 0 Å². The highest BCUT2D eigenvalue weighted by atomic mass is 19.1. The van der Waals surface area contributed by atoms with Crippen LogP contribution >= 0.6 is 0 Å². The molecule has 0 heterocycles. The van der Waals surface area contributed by atoms with Crippen LogP contribution in [0.1, 0.15) is 43.9 Å². The summed E-state index contributed by atoms with van der Waals surface area (Å²) in [6, 6.07) is 5.17. The summed E-state index contributed by atoms with van der Waals surface area (Å²) in [6.07, 6.45) is 2.01. The number of hydrogen-bond acceptors (Lipinski definition) is 2. The van der Waals surface area contributed by atoms with Gasteiger partial charge in [-0.05, 0) is 32.4 Å². The van der Waals surface area contributed by atoms with Gasteiger partial charge in [0.1, 0.15) is 5.82 Å². The molecule has 0 spiro atoms. The molecule has 0 saturated heterocycles. The van der Waals surface area contributed by atoms with Gasteiger partial charge in [-0.1, -0.05) is 31.5 Å². The van der Waals surface area contributed by atoms with E-state index in [1.165, 1.54) is 6.07 Å². The lowest BCUT2D eigenvalue weighted by molar-refractivity contribution is 0.111. The lowest BCUT2D eigenvalue weighted by Crippen LogP contribution is -2.27. The molecule has 0 aromatic heterocycles. The minimum atomic E-state index is -0.158. The third-order valence-electron chi connectivity index (χ3n) is 2.80. The van der Waals surface area contributed by atoms with Crippen molar-refractivity contribution in [2.75, 3.05) is 19.8 Å². The molecule has 18 heavy (non-hydrogen) atoms. The summed E-state index contributed by atoms with van der Waals surface area (Å²) >= 11 is 0. The van der Waals surface area contributed by atoms with Crippen molar-refractivity contribution in [1.29, 1.82) is 0 Å². The molecular formula is C15H24FNO. The first-order valence-corrected chi connectivity index (χ1v) is 6.76. The van der Waals surface area contributed by atoms with Crippen LogP contribution < -0.4 is 5.32 Å². The zero-order valence-corrected chi connectivity index (χ0v) is 11.6. The fraction of sp³-hybridized carbons (Fsp3) is 0.600. The minimum Gasteiger partial charge on any atom is -0.379 e. The van der Waals surface area contributed by atoms with E-state index in [2.05, 4.69) is 19.2 Å². The van der Waals surface area contributed by atoms with Crippen molar-refractivity contribution >= 4 is 0 Å². The Morgan fingerprint density at radius 3 is 2.72 bits per heavy atom. The van der Waals surface area contributed by atoms with Crippen molar-refractivity contribution < 1.29 is 9.13 Å². The number of hydrogen-bond donors (Lipinski definition) is 1. The normalized spacial score (nSPS) is 12.7. The van der Waals surface area contributed by atoms with Crippen LogP contribution in [0.15, 0.2) is 18.2 Å². The van der Waals surface area contributed by atoms with Gasteiger partial charge in [-0.3, -0.25) is 0 Å². The second-order valence-corrected chi connectivity index (χ2v) is 4.61. The van der Waals surface area contributed by atoms with Gasteiger partial charge in [-0.2, -0.15) is 0 Å². The second-order valence-electron chi connectivity index (χ2n) is 4.61. The molecule has 1 atom stereocenters. The van der Waals surface area contributed by atoms with Crippen molar-refractivity contribution in [1.82, 2.24) is 5.32 Å². The van der Waals surface area contributed by atoms with Gasteiger partial charge in [-0.25, -0.2) is 4.39 Å². The first kappa shape index (κ1) is 15.1. The van der Waals surface area contributed by atoms with Crippen molar-refractivity contribution in [2.24, 2.45) is 0 Å². The molecule has 1 rings (SSSR count). The molecule has 0 aliphatic rings. The number of benzene rings is 1. The van der Waals surface area contributed by atoms with Crippen molar-refractivity contribution in [3.05, 3.63) is 35.1 Å². The average molecular weight is 253 g/mol. The summed E-state index contributed by atoms with van der Waals surface area (Å²) in [6.45, 7) is 8.26. The molecule has 3 heteroatoms. The summed E-state index contributed by atoms with van der Waals surface area (Å²) < 4.78 is 19.4. The standard InChI is InChI=1S/C15H24FNO/c1-4-8-17-15(11-18-9-5-2)13-10-12(3)6-7-14(13)16/h6-7,10,15,17H,4-5,8-9,11H2,1-3H3. The number of aryl methyl sites for hydroxylation is 1. The highest BCUT2D eigenvalue weighted by Crippen LogP contribution is 2.19. The molecule has 0 radical (unpaired) electrons. The van der Waals surface area contributed by atoms with E-state index in [1.54, 1.807) is 6.07 Å². The van der Waals surface area contributed by atoms with Gasteiger partial charge in [0.05, 0.1) is 12.6 Å². The Balaban J connectivity index is 2.75. The zero-order chi connectivity index (χ0) is 13.4. The summed E-state index contributed by atoms with van der Waals surface area (Å²) in [5.41, 5.74) is 1.78. The van der Waals surface area contributed by atoms with Crippen LogP contribution in [0.2, 0.25) is 0 Å². The fourth-order valence-corrected chi connectivity index (χ4v) is 1.85. The molecule has 0 fully saturated rings. The first-order valence-electron chi connectivity index (χ1n) is 6.76. The Morgan fingerprint density at radius 1 is 1.28 bits per heavy atom. The van der Waals surface area contributed by atoms with Gasteiger partial charge in [0.15, 0.2) is 0 Å². The van der Waals surface area contributed by atoms with Crippen LogP contribution in [0.25, 0.3) is 0 Å². The van der Waals surface area contributed by atoms with E-state index in [-0.39, 0.29) is 11.9 Å². The van der Waals surface area contributed by atoms with Crippen LogP contribution in [-0.4, -0.2) is 19.8 Å². The quantitative estimate of drug-likeness (QED) is 0.715. The lowest BCUT2D eigenvalue weighted by Gasteiger charge is -2.20. The smallest absolute Gasteiger partial charge is 0.128 e. The highest BCUT2D eigenvalue weighted by Gasteiger charge is 2.15. The van der Waals surface area contributed by atoms with E-state index >= 15 is 0 Å². The predicted octanol–water partition coefficient (Wildman–Crippen LogP) is 3.60. The maximum Gasteiger partial charge on any atom is 0.128 e. The largest absolute Gasteiger partial charge is 0.379 e. The summed E-state index contributed by atoms with van der Waals surface area (Å²) in [5.74, 6) is -0.158. The number of nitrogens with one attached hydrogen (secondary N) is 1. The van der Waals surface area contributed by atoms with Crippen LogP contribution in [0.4, 0.5) is 4.39 Å². The Labute approximate surface area is 110 Å². The second kappa shape index (κ2) is 8.22. The summed E-state index contributed by atoms with van der Waals surface area (Å²) in [5, 5.41) is 3.35. The summed E-state index contributed by atoms with van der Waals surface area (Å²) in [4.78, 5) is 0. The van der Waals surface area contributed by atoms with Gasteiger partial charge in [0.2, 0.25) is 0 Å². The molecule has 0 aliphatic carbocycles. The Hall–Kier alpha value is -0.930. The molecular weight excluding hydrogens is 229 g/mol. The van der Waals surface area contributed by atoms with Gasteiger partial charge in [0.25, 0.3) is 0 Å². The monoisotopic (exact) mass is 253 g/mol. The number of halogens is 1. The third kappa shape index (κ3) is 4.75. The topological polar surface area (TPSA) is 21.3 Å². The number of ether oxygens (including phenoxy) is 1. The van der Waals surface area contributed by atoms with Crippen LogP contribution in [-0.2, 0) is 4.74 Å². The average Bonchev–Trinajstić information content (AvgIpc) is 2.37. The molecule has 0 amide bonds. The van der Waals surface area contributed by atoms with Crippen LogP contribution in [0.5, 0.6) is 0 Å². The molecule has 1 aromatic carbocycles. The Kier molecular flexibility index (Phi) is 6.91. The molecule has 0 bridgehead atoms. The van der Waals surface area contributed by atoms with E-state index < -0.39 is 0 Å². The predicted molar refractivity (Wildman–Crippen MR) is 73.3 cm³/mol. The van der Waals surface area contributed by atoms with E-state index in [1.807, 2.05) is 13.0 Å². The maximum atomic E-state index is 13.9. The van der Waals surface area contributed by atoms with E-state index in [0.29, 0.717) is 12.2 Å². The molecule has 1 unspecified atom stereocenters. The van der Waals surface area contributed by atoms with Gasteiger partial charge in [0, 0.05) is 12.2 Å². The third-order valence-corrected chi connectivity index (χ3v) is 2.80. The molecule has 2 nitrogen and oxygen atoms in total. The molecule has 0 saturated carbocycles. The maximum absolute atomic E-state index is 13.9. The SMILES string of the molecule is CCCNC(COCCC)c1cc(C)ccc1F. The fourth-order valence-electron chi connectivity index (χ4n) is 1.85. The molecule has 0 aliphatic heterocycles. The first-order chi connectivity index (χ1) is 8.69. The molecule has 1 aromatic rings. The van der Waals surface area contributed by atoms with Crippen LogP contribution in [0, 0.1) is 12.7 Å². The Bertz CT molecular complexity index is 354. The van der Waals surface area contributed by atoms with Crippen molar-refractivity contribution in [3.8, 4) is 0 Å². The molecule has 102 valence electrons.